The number of carbonyl (C=O) groups excluding carboxylic acids is 1. The molecule has 2 saturated heterocycles. The van der Waals surface area contributed by atoms with Gasteiger partial charge in [-0.25, -0.2) is 4.39 Å². The highest BCUT2D eigenvalue weighted by Gasteiger charge is 2.57. The third-order valence-corrected chi connectivity index (χ3v) is 6.82. The van der Waals surface area contributed by atoms with E-state index in [4.69, 9.17) is 4.74 Å². The highest BCUT2D eigenvalue weighted by atomic mass is 35.5. The number of ether oxygens (including phenoxy) is 1. The first-order valence-corrected chi connectivity index (χ1v) is 10.0. The summed E-state index contributed by atoms with van der Waals surface area (Å²) in [7, 11) is 1.65. The number of likely N-dealkylation sites (tertiary alicyclic amines) is 1. The minimum Gasteiger partial charge on any atom is -0.497 e. The van der Waals surface area contributed by atoms with Crippen molar-refractivity contribution >= 4 is 18.3 Å². The number of hydrogen-bond acceptors (Lipinski definition) is 3. The van der Waals surface area contributed by atoms with Crippen LogP contribution in [0.3, 0.4) is 0 Å². The molecule has 1 N–H and O–H groups in total. The highest BCUT2D eigenvalue weighted by Crippen LogP contribution is 2.53. The molecule has 1 saturated carbocycles. The fourth-order valence-corrected chi connectivity index (χ4v) is 5.18. The van der Waals surface area contributed by atoms with Crippen molar-refractivity contribution in [2.45, 2.75) is 24.3 Å². The lowest BCUT2D eigenvalue weighted by atomic mass is 9.88. The van der Waals surface area contributed by atoms with E-state index in [0.29, 0.717) is 11.8 Å². The van der Waals surface area contributed by atoms with Crippen LogP contribution in [0, 0.1) is 17.7 Å². The van der Waals surface area contributed by atoms with Crippen molar-refractivity contribution in [2.24, 2.45) is 11.8 Å². The summed E-state index contributed by atoms with van der Waals surface area (Å²) in [6.45, 7) is 2.55. The van der Waals surface area contributed by atoms with Crippen molar-refractivity contribution in [3.8, 4) is 5.75 Å². The van der Waals surface area contributed by atoms with Gasteiger partial charge in [0.15, 0.2) is 0 Å². The van der Waals surface area contributed by atoms with Gasteiger partial charge >= 0.3 is 0 Å². The van der Waals surface area contributed by atoms with Gasteiger partial charge in [0.05, 0.1) is 18.6 Å². The largest absolute Gasteiger partial charge is 0.497 e. The van der Waals surface area contributed by atoms with Gasteiger partial charge in [0.1, 0.15) is 11.6 Å². The predicted molar refractivity (Wildman–Crippen MR) is 112 cm³/mol. The molecule has 3 aliphatic rings. The summed E-state index contributed by atoms with van der Waals surface area (Å²) in [6.07, 6.45) is 1.75. The molecule has 4 nitrogen and oxygen atoms in total. The Morgan fingerprint density at radius 1 is 1.17 bits per heavy atom. The number of carbonyl (C=O) groups is 1. The molecule has 29 heavy (non-hydrogen) atoms. The van der Waals surface area contributed by atoms with E-state index in [1.54, 1.807) is 19.2 Å². The molecule has 5 rings (SSSR count). The third kappa shape index (κ3) is 3.30. The van der Waals surface area contributed by atoms with Crippen LogP contribution < -0.4 is 10.1 Å². The number of rotatable bonds is 4. The quantitative estimate of drug-likeness (QED) is 0.826. The molecule has 2 aliphatic heterocycles. The van der Waals surface area contributed by atoms with Crippen molar-refractivity contribution in [3.63, 3.8) is 0 Å². The second-order valence-corrected chi connectivity index (χ2v) is 8.35. The van der Waals surface area contributed by atoms with Gasteiger partial charge in [-0.15, -0.1) is 12.4 Å². The Labute approximate surface area is 176 Å². The maximum atomic E-state index is 13.9. The molecule has 1 aliphatic carbocycles. The molecule has 154 valence electrons. The molecule has 0 spiro atoms. The fraction of sp³-hybridized carbons (Fsp3) is 0.435. The van der Waals surface area contributed by atoms with Crippen LogP contribution in [0.15, 0.2) is 48.5 Å². The van der Waals surface area contributed by atoms with Gasteiger partial charge in [-0.05, 0) is 54.2 Å². The second kappa shape index (κ2) is 7.62. The Balaban J connectivity index is 0.00000205. The van der Waals surface area contributed by atoms with E-state index >= 15 is 0 Å². The van der Waals surface area contributed by atoms with Crippen molar-refractivity contribution in [2.75, 3.05) is 26.7 Å². The SMILES string of the molecule is COc1ccc(C2(C(=O)N3C[C@@H]4CNC[C@@H]4[C@H]3c3cccc(F)c3)CC2)cc1.Cl. The monoisotopic (exact) mass is 416 g/mol. The molecule has 2 heterocycles. The van der Waals surface area contributed by atoms with E-state index < -0.39 is 5.41 Å². The van der Waals surface area contributed by atoms with E-state index in [1.165, 1.54) is 6.07 Å². The first-order chi connectivity index (χ1) is 13.6. The van der Waals surface area contributed by atoms with Crippen molar-refractivity contribution in [1.82, 2.24) is 10.2 Å². The average Bonchev–Trinajstić information content (AvgIpc) is 3.26. The number of benzene rings is 2. The maximum Gasteiger partial charge on any atom is 0.233 e. The maximum absolute atomic E-state index is 13.9. The summed E-state index contributed by atoms with van der Waals surface area (Å²) >= 11 is 0. The van der Waals surface area contributed by atoms with Gasteiger partial charge in [-0.2, -0.15) is 0 Å². The molecular formula is C23H26ClFN2O2. The lowest BCUT2D eigenvalue weighted by Crippen LogP contribution is -2.41. The van der Waals surface area contributed by atoms with Gasteiger partial charge in [0.25, 0.3) is 0 Å². The molecule has 0 unspecified atom stereocenters. The van der Waals surface area contributed by atoms with Crippen LogP contribution >= 0.6 is 12.4 Å². The molecule has 3 atom stereocenters. The topological polar surface area (TPSA) is 41.6 Å². The summed E-state index contributed by atoms with van der Waals surface area (Å²) in [6, 6.07) is 14.6. The Bertz CT molecular complexity index is 900. The normalized spacial score (nSPS) is 26.6. The van der Waals surface area contributed by atoms with Crippen molar-refractivity contribution in [1.29, 1.82) is 0 Å². The second-order valence-electron chi connectivity index (χ2n) is 8.35. The molecule has 3 fully saturated rings. The van der Waals surface area contributed by atoms with Crippen LogP contribution in [0.5, 0.6) is 5.75 Å². The Kier molecular flexibility index (Phi) is 5.30. The zero-order valence-electron chi connectivity index (χ0n) is 16.4. The zero-order chi connectivity index (χ0) is 19.3. The molecule has 1 amide bonds. The van der Waals surface area contributed by atoms with Crippen LogP contribution in [0.1, 0.15) is 30.0 Å². The predicted octanol–water partition coefficient (Wildman–Crippen LogP) is 3.71. The summed E-state index contributed by atoms with van der Waals surface area (Å²) in [4.78, 5) is 15.8. The van der Waals surface area contributed by atoms with Crippen molar-refractivity contribution in [3.05, 3.63) is 65.5 Å². The van der Waals surface area contributed by atoms with Gasteiger partial charge in [-0.3, -0.25) is 4.79 Å². The number of hydrogen-bond donors (Lipinski definition) is 1. The minimum atomic E-state index is -0.427. The van der Waals surface area contributed by atoms with Crippen molar-refractivity contribution < 1.29 is 13.9 Å². The summed E-state index contributed by atoms with van der Waals surface area (Å²) in [5, 5.41) is 3.45. The molecular weight excluding hydrogens is 391 g/mol. The van der Waals surface area contributed by atoms with Gasteiger partial charge in [0.2, 0.25) is 5.91 Å². The van der Waals surface area contributed by atoms with Gasteiger partial charge in [0, 0.05) is 25.6 Å². The lowest BCUT2D eigenvalue weighted by Gasteiger charge is -2.32. The number of halogens is 2. The van der Waals surface area contributed by atoms with Crippen LogP contribution in [0.4, 0.5) is 4.39 Å². The van der Waals surface area contributed by atoms with E-state index in [2.05, 4.69) is 5.32 Å². The fourth-order valence-electron chi connectivity index (χ4n) is 5.18. The van der Waals surface area contributed by atoms with Crippen LogP contribution in [-0.4, -0.2) is 37.6 Å². The smallest absolute Gasteiger partial charge is 0.233 e. The third-order valence-electron chi connectivity index (χ3n) is 6.82. The summed E-state index contributed by atoms with van der Waals surface area (Å²) in [5.41, 5.74) is 1.55. The number of nitrogens with one attached hydrogen (secondary N) is 1. The Morgan fingerprint density at radius 3 is 2.59 bits per heavy atom. The number of methoxy groups -OCH3 is 1. The molecule has 2 aromatic carbocycles. The molecule has 0 bridgehead atoms. The Morgan fingerprint density at radius 2 is 1.93 bits per heavy atom. The summed E-state index contributed by atoms with van der Waals surface area (Å²) < 4.78 is 19.2. The lowest BCUT2D eigenvalue weighted by molar-refractivity contribution is -0.135. The Hall–Kier alpha value is -2.11. The highest BCUT2D eigenvalue weighted by molar-refractivity contribution is 5.92. The standard InChI is InChI=1S/C23H25FN2O2.ClH/c1-28-19-7-5-17(6-8-19)23(9-10-23)22(27)26-14-16-12-25-13-20(16)21(26)15-3-2-4-18(24)11-15;/h2-8,11,16,20-21,25H,9-10,12-14H2,1H3;1H/t16-,20-,21+;/m0./s1. The molecule has 0 radical (unpaired) electrons. The number of nitrogens with zero attached hydrogens (tertiary/aromatic N) is 1. The van der Waals surface area contributed by atoms with E-state index in [9.17, 15) is 9.18 Å². The molecule has 2 aromatic rings. The van der Waals surface area contributed by atoms with Gasteiger partial charge < -0.3 is 15.0 Å². The average molecular weight is 417 g/mol. The first-order valence-electron chi connectivity index (χ1n) is 10.0. The molecule has 0 aromatic heterocycles. The van der Waals surface area contributed by atoms with E-state index in [0.717, 1.165) is 49.4 Å². The number of fused-ring (bicyclic) bond motifs is 1. The molecule has 6 heteroatoms. The van der Waals surface area contributed by atoms with Gasteiger partial charge in [-0.1, -0.05) is 24.3 Å². The number of amides is 1. The van der Waals surface area contributed by atoms with Crippen LogP contribution in [0.25, 0.3) is 0 Å². The van der Waals surface area contributed by atoms with E-state index in [-0.39, 0.29) is 30.2 Å². The van der Waals surface area contributed by atoms with Crippen LogP contribution in [-0.2, 0) is 10.2 Å². The van der Waals surface area contributed by atoms with Crippen LogP contribution in [0.2, 0.25) is 0 Å². The zero-order valence-corrected chi connectivity index (χ0v) is 17.3. The van der Waals surface area contributed by atoms with E-state index in [1.807, 2.05) is 35.2 Å². The first kappa shape index (κ1) is 20.2. The summed E-state index contributed by atoms with van der Waals surface area (Å²) in [5.74, 6) is 1.53. The minimum absolute atomic E-state index is 0.